The van der Waals surface area contributed by atoms with Crippen LogP contribution in [0.3, 0.4) is 0 Å². The van der Waals surface area contributed by atoms with Crippen LogP contribution in [0.1, 0.15) is 27.2 Å². The van der Waals surface area contributed by atoms with E-state index in [1.165, 1.54) is 6.42 Å². The standard InChI is InChI=1S/C8H13NO2.CH4/c1-7-3-2-4-9(5-7)8(11)6-10;/h6-7H,2-5H2,1H3;1H4. The molecule has 1 aliphatic heterocycles. The van der Waals surface area contributed by atoms with Crippen molar-refractivity contribution >= 4 is 12.2 Å². The molecule has 1 fully saturated rings. The van der Waals surface area contributed by atoms with Gasteiger partial charge in [0.2, 0.25) is 6.29 Å². The summed E-state index contributed by atoms with van der Waals surface area (Å²) in [6, 6.07) is 0. The van der Waals surface area contributed by atoms with Gasteiger partial charge in [-0.3, -0.25) is 9.59 Å². The summed E-state index contributed by atoms with van der Waals surface area (Å²) in [5, 5.41) is 0. The number of aldehydes is 1. The summed E-state index contributed by atoms with van der Waals surface area (Å²) < 4.78 is 0. The van der Waals surface area contributed by atoms with Crippen LogP contribution in [0.5, 0.6) is 0 Å². The van der Waals surface area contributed by atoms with Crippen LogP contribution in [0.25, 0.3) is 0 Å². The highest BCUT2D eigenvalue weighted by Crippen LogP contribution is 2.14. The maximum atomic E-state index is 10.9. The Morgan fingerprint density at radius 1 is 1.58 bits per heavy atom. The Hall–Kier alpha value is -0.860. The number of carbonyl (C=O) groups excluding carboxylic acids is 2. The number of piperidine rings is 1. The molecule has 12 heavy (non-hydrogen) atoms. The van der Waals surface area contributed by atoms with Gasteiger partial charge in [-0.1, -0.05) is 14.4 Å². The summed E-state index contributed by atoms with van der Waals surface area (Å²) >= 11 is 0. The minimum atomic E-state index is -0.364. The van der Waals surface area contributed by atoms with Crippen molar-refractivity contribution in [1.82, 2.24) is 4.90 Å². The number of likely N-dealkylation sites (tertiary alicyclic amines) is 1. The maximum Gasteiger partial charge on any atom is 0.286 e. The summed E-state index contributed by atoms with van der Waals surface area (Å²) in [6.45, 7) is 3.60. The summed E-state index contributed by atoms with van der Waals surface area (Å²) in [5.74, 6) is 0.184. The van der Waals surface area contributed by atoms with Crippen molar-refractivity contribution in [2.75, 3.05) is 13.1 Å². The summed E-state index contributed by atoms with van der Waals surface area (Å²) in [4.78, 5) is 22.6. The number of hydrogen-bond donors (Lipinski definition) is 0. The van der Waals surface area contributed by atoms with Gasteiger partial charge in [-0.25, -0.2) is 0 Å². The molecule has 3 nitrogen and oxygen atoms in total. The number of hydrogen-bond acceptors (Lipinski definition) is 2. The number of carbonyl (C=O) groups is 2. The molecule has 0 aromatic rings. The Balaban J connectivity index is 0.00000121. The average Bonchev–Trinajstić information content (AvgIpc) is 2.03. The first kappa shape index (κ1) is 11.1. The molecule has 0 radical (unpaired) electrons. The van der Waals surface area contributed by atoms with Gasteiger partial charge < -0.3 is 4.90 Å². The van der Waals surface area contributed by atoms with Gasteiger partial charge in [-0.2, -0.15) is 0 Å². The average molecular weight is 171 g/mol. The Labute approximate surface area is 73.7 Å². The van der Waals surface area contributed by atoms with Gasteiger partial charge in [0.15, 0.2) is 0 Å². The van der Waals surface area contributed by atoms with Crippen LogP contribution in [0.15, 0.2) is 0 Å². The van der Waals surface area contributed by atoms with E-state index in [1.807, 2.05) is 0 Å². The molecule has 0 aliphatic carbocycles. The first-order valence-corrected chi connectivity index (χ1v) is 3.98. The van der Waals surface area contributed by atoms with Gasteiger partial charge in [-0.05, 0) is 18.8 Å². The van der Waals surface area contributed by atoms with E-state index in [0.29, 0.717) is 12.2 Å². The van der Waals surface area contributed by atoms with E-state index >= 15 is 0 Å². The molecule has 0 N–H and O–H groups in total. The minimum Gasteiger partial charge on any atom is -0.336 e. The van der Waals surface area contributed by atoms with Crippen molar-refractivity contribution in [3.05, 3.63) is 0 Å². The third-order valence-corrected chi connectivity index (χ3v) is 2.07. The summed E-state index contributed by atoms with van der Waals surface area (Å²) in [7, 11) is 0. The molecule has 1 atom stereocenters. The predicted molar refractivity (Wildman–Crippen MR) is 47.8 cm³/mol. The summed E-state index contributed by atoms with van der Waals surface area (Å²) in [5.41, 5.74) is 0. The van der Waals surface area contributed by atoms with E-state index in [-0.39, 0.29) is 13.3 Å². The van der Waals surface area contributed by atoms with Gasteiger partial charge in [0, 0.05) is 13.1 Å². The molecule has 0 aromatic heterocycles. The molecule has 3 heteroatoms. The molecule has 0 aromatic carbocycles. The third kappa shape index (κ3) is 2.64. The van der Waals surface area contributed by atoms with Gasteiger partial charge in [0.05, 0.1) is 0 Å². The van der Waals surface area contributed by atoms with E-state index in [4.69, 9.17) is 0 Å². The topological polar surface area (TPSA) is 37.4 Å². The Kier molecular flexibility index (Phi) is 4.55. The monoisotopic (exact) mass is 171 g/mol. The largest absolute Gasteiger partial charge is 0.336 e. The van der Waals surface area contributed by atoms with E-state index in [9.17, 15) is 9.59 Å². The lowest BCUT2D eigenvalue weighted by atomic mass is 10.0. The normalized spacial score (nSPS) is 22.8. The zero-order valence-electron chi connectivity index (χ0n) is 6.75. The predicted octanol–water partition coefficient (Wildman–Crippen LogP) is 1.08. The molecule has 1 rings (SSSR count). The SMILES string of the molecule is C.CC1CCCN(C(=O)C=O)C1. The van der Waals surface area contributed by atoms with Crippen LogP contribution in [0.2, 0.25) is 0 Å². The molecule has 70 valence electrons. The second kappa shape index (κ2) is 4.91. The van der Waals surface area contributed by atoms with E-state index < -0.39 is 0 Å². The lowest BCUT2D eigenvalue weighted by Crippen LogP contribution is -2.39. The second-order valence-corrected chi connectivity index (χ2v) is 3.15. The third-order valence-electron chi connectivity index (χ3n) is 2.07. The molecule has 1 saturated heterocycles. The molecule has 0 saturated carbocycles. The van der Waals surface area contributed by atoms with Gasteiger partial charge in [0.1, 0.15) is 0 Å². The van der Waals surface area contributed by atoms with Crippen molar-refractivity contribution in [3.63, 3.8) is 0 Å². The smallest absolute Gasteiger partial charge is 0.286 e. The number of nitrogens with zero attached hydrogens (tertiary/aromatic N) is 1. The van der Waals surface area contributed by atoms with E-state index in [1.54, 1.807) is 4.90 Å². The number of rotatable bonds is 1. The molecular weight excluding hydrogens is 154 g/mol. The number of amides is 1. The molecule has 0 bridgehead atoms. The van der Waals surface area contributed by atoms with Crippen LogP contribution in [-0.2, 0) is 9.59 Å². The molecular formula is C9H17NO2. The maximum absolute atomic E-state index is 10.9. The summed E-state index contributed by atoms with van der Waals surface area (Å²) in [6.07, 6.45) is 2.60. The van der Waals surface area contributed by atoms with Gasteiger partial charge in [0.25, 0.3) is 5.91 Å². The highest BCUT2D eigenvalue weighted by molar-refractivity contribution is 6.23. The molecule has 1 heterocycles. The Bertz CT molecular complexity index is 168. The van der Waals surface area contributed by atoms with Gasteiger partial charge in [-0.15, -0.1) is 0 Å². The molecule has 1 amide bonds. The fraction of sp³-hybridized carbons (Fsp3) is 0.778. The van der Waals surface area contributed by atoms with Crippen LogP contribution in [0.4, 0.5) is 0 Å². The van der Waals surface area contributed by atoms with Crippen molar-refractivity contribution in [2.45, 2.75) is 27.2 Å². The van der Waals surface area contributed by atoms with Crippen molar-refractivity contribution in [2.24, 2.45) is 5.92 Å². The fourth-order valence-corrected chi connectivity index (χ4v) is 1.46. The van der Waals surface area contributed by atoms with Crippen LogP contribution in [-0.4, -0.2) is 30.2 Å². The molecule has 1 aliphatic rings. The zero-order chi connectivity index (χ0) is 8.27. The highest BCUT2D eigenvalue weighted by atomic mass is 16.2. The lowest BCUT2D eigenvalue weighted by molar-refractivity contribution is -0.140. The van der Waals surface area contributed by atoms with Crippen molar-refractivity contribution in [1.29, 1.82) is 0 Å². The lowest BCUT2D eigenvalue weighted by Gasteiger charge is -2.29. The fourth-order valence-electron chi connectivity index (χ4n) is 1.46. The van der Waals surface area contributed by atoms with Crippen LogP contribution in [0, 0.1) is 5.92 Å². The van der Waals surface area contributed by atoms with Crippen molar-refractivity contribution in [3.8, 4) is 0 Å². The molecule has 1 unspecified atom stereocenters. The quantitative estimate of drug-likeness (QED) is 0.437. The van der Waals surface area contributed by atoms with Crippen LogP contribution < -0.4 is 0 Å². The zero-order valence-corrected chi connectivity index (χ0v) is 6.75. The first-order chi connectivity index (χ1) is 5.24. The Morgan fingerprint density at radius 2 is 2.25 bits per heavy atom. The minimum absolute atomic E-state index is 0. The Morgan fingerprint density at radius 3 is 2.75 bits per heavy atom. The first-order valence-electron chi connectivity index (χ1n) is 3.98. The van der Waals surface area contributed by atoms with Crippen LogP contribution >= 0.6 is 0 Å². The highest BCUT2D eigenvalue weighted by Gasteiger charge is 2.19. The van der Waals surface area contributed by atoms with Gasteiger partial charge >= 0.3 is 0 Å². The van der Waals surface area contributed by atoms with Crippen molar-refractivity contribution < 1.29 is 9.59 Å². The molecule has 0 spiro atoms. The second-order valence-electron chi connectivity index (χ2n) is 3.15. The van der Waals surface area contributed by atoms with E-state index in [0.717, 1.165) is 19.5 Å². The van der Waals surface area contributed by atoms with E-state index in [2.05, 4.69) is 6.92 Å².